The highest BCUT2D eigenvalue weighted by molar-refractivity contribution is 6.26. The third-order valence-electron chi connectivity index (χ3n) is 18.7. The van der Waals surface area contributed by atoms with Crippen LogP contribution in [0.2, 0.25) is 0 Å². The van der Waals surface area contributed by atoms with E-state index in [0.717, 1.165) is 196 Å². The molecule has 1 aliphatic carbocycles. The van der Waals surface area contributed by atoms with E-state index in [9.17, 15) is 19.2 Å². The van der Waals surface area contributed by atoms with Gasteiger partial charge in [0.2, 0.25) is 0 Å². The van der Waals surface area contributed by atoms with E-state index < -0.39 is 0 Å². The van der Waals surface area contributed by atoms with Crippen molar-refractivity contribution < 1.29 is 28.7 Å². The molecule has 504 valence electrons. The first-order valence-corrected chi connectivity index (χ1v) is 36.0. The van der Waals surface area contributed by atoms with Gasteiger partial charge in [-0.1, -0.05) is 125 Å². The highest BCUT2D eigenvalue weighted by Crippen LogP contribution is 2.36. The number of ether oxygens (including phenoxy) is 2. The number of hydrogen-bond acceptors (Lipinski definition) is 17. The lowest BCUT2D eigenvalue weighted by Gasteiger charge is -2.31. The number of esters is 2. The highest BCUT2D eigenvalue weighted by Gasteiger charge is 2.34. The fourth-order valence-electron chi connectivity index (χ4n) is 13.7. The van der Waals surface area contributed by atoms with Crippen LogP contribution in [0.1, 0.15) is 234 Å². The first-order chi connectivity index (χ1) is 45.3. The molecule has 3 fully saturated rings. The summed E-state index contributed by atoms with van der Waals surface area (Å²) in [4.78, 5) is 61.1. The van der Waals surface area contributed by atoms with Gasteiger partial charge in [0.05, 0.1) is 49.0 Å². The van der Waals surface area contributed by atoms with Gasteiger partial charge in [-0.15, -0.1) is 10.2 Å². The molecule has 0 unspecified atom stereocenters. The lowest BCUT2D eigenvalue weighted by atomic mass is 9.90. The van der Waals surface area contributed by atoms with Crippen molar-refractivity contribution in [2.75, 3.05) is 97.0 Å². The van der Waals surface area contributed by atoms with Crippen molar-refractivity contribution in [1.82, 2.24) is 66.0 Å². The molecule has 92 heavy (non-hydrogen) atoms. The molecule has 0 bridgehead atoms. The summed E-state index contributed by atoms with van der Waals surface area (Å²) in [6.45, 7) is 17.0. The van der Waals surface area contributed by atoms with E-state index in [-0.39, 0.29) is 49.1 Å². The Kier molecular flexibility index (Phi) is 30.1. The van der Waals surface area contributed by atoms with Gasteiger partial charge in [0.25, 0.3) is 11.8 Å². The van der Waals surface area contributed by atoms with Gasteiger partial charge >= 0.3 is 11.9 Å². The zero-order valence-electron chi connectivity index (χ0n) is 55.7. The molecule has 0 radical (unpaired) electrons. The van der Waals surface area contributed by atoms with E-state index in [4.69, 9.17) is 9.47 Å². The first-order valence-electron chi connectivity index (χ1n) is 36.0. The van der Waals surface area contributed by atoms with Crippen molar-refractivity contribution in [2.45, 2.75) is 219 Å². The second-order valence-corrected chi connectivity index (χ2v) is 26.5. The van der Waals surface area contributed by atoms with E-state index >= 15 is 0 Å². The number of imide groups is 1. The average Bonchev–Trinajstić information content (AvgIpc) is 0.844. The summed E-state index contributed by atoms with van der Waals surface area (Å²) < 4.78 is 15.6. The van der Waals surface area contributed by atoms with Crippen molar-refractivity contribution in [3.8, 4) is 0 Å². The second kappa shape index (κ2) is 39.5. The Hall–Kier alpha value is -6.16. The van der Waals surface area contributed by atoms with Crippen molar-refractivity contribution in [3.05, 3.63) is 100 Å². The fourth-order valence-corrected chi connectivity index (χ4v) is 13.7. The number of aromatic nitrogens is 6. The Balaban J connectivity index is 0.752. The predicted molar refractivity (Wildman–Crippen MR) is 364 cm³/mol. The van der Waals surface area contributed by atoms with E-state index in [1.807, 2.05) is 58.2 Å². The van der Waals surface area contributed by atoms with Crippen LogP contribution in [0.25, 0.3) is 10.8 Å². The lowest BCUT2D eigenvalue weighted by molar-refractivity contribution is -0.143. The minimum absolute atomic E-state index is 0.0904. The first kappa shape index (κ1) is 70.2. The van der Waals surface area contributed by atoms with E-state index in [1.165, 1.54) is 81.9 Å². The van der Waals surface area contributed by atoms with Crippen LogP contribution in [0.15, 0.2) is 60.9 Å². The molecule has 20 nitrogen and oxygen atoms in total. The zero-order chi connectivity index (χ0) is 63.8. The van der Waals surface area contributed by atoms with Crippen LogP contribution in [-0.4, -0.2) is 172 Å². The molecule has 1 saturated carbocycles. The number of hydrogen-bond donors (Lipinski definition) is 5. The Bertz CT molecular complexity index is 2880. The third kappa shape index (κ3) is 23.4. The number of anilines is 1. The number of nitrogens with one attached hydrogen (secondary N) is 5. The maximum atomic E-state index is 14.3. The molecule has 3 aromatic carbocycles. The molecular weight excluding hydrogens is 1160 g/mol. The van der Waals surface area contributed by atoms with Crippen molar-refractivity contribution in [2.24, 2.45) is 0 Å². The third-order valence-corrected chi connectivity index (χ3v) is 18.7. The topological polar surface area (TPSA) is 218 Å². The molecule has 0 spiro atoms. The van der Waals surface area contributed by atoms with E-state index in [1.54, 1.807) is 6.07 Å². The molecular formula is C72H110N14O6. The Morgan fingerprint density at radius 1 is 0.554 bits per heavy atom. The number of rotatable bonds is 32. The number of unbranched alkanes of at least 4 members (excludes halogenated alkanes) is 14. The summed E-state index contributed by atoms with van der Waals surface area (Å²) in [5.74, 6) is -1.25. The molecule has 20 heteroatoms. The van der Waals surface area contributed by atoms with Crippen LogP contribution < -0.4 is 26.6 Å². The van der Waals surface area contributed by atoms with Gasteiger partial charge in [-0.05, 0) is 197 Å². The minimum Gasteiger partial charge on any atom is -0.466 e. The van der Waals surface area contributed by atoms with Crippen LogP contribution in [0, 0.1) is 0 Å². The monoisotopic (exact) mass is 1270 g/mol. The number of benzene rings is 3. The molecule has 0 atom stereocenters. The van der Waals surface area contributed by atoms with E-state index in [2.05, 4.69) is 70.0 Å². The summed E-state index contributed by atoms with van der Waals surface area (Å²) in [6.07, 6.45) is 33.1. The van der Waals surface area contributed by atoms with Gasteiger partial charge in [-0.2, -0.15) is 0 Å². The molecule has 9 rings (SSSR count). The normalized spacial score (nSPS) is 18.8. The number of amides is 2. The van der Waals surface area contributed by atoms with Crippen LogP contribution in [-0.2, 0) is 40.4 Å². The minimum atomic E-state index is -0.361. The maximum Gasteiger partial charge on any atom is 0.338 e. The molecule has 2 saturated heterocycles. The molecule has 5 aromatic rings. The number of carbonyl (C=O) groups is 4. The van der Waals surface area contributed by atoms with Gasteiger partial charge in [0.15, 0.2) is 0 Å². The van der Waals surface area contributed by atoms with E-state index in [0.29, 0.717) is 60.8 Å². The fraction of sp³-hybridized carbons (Fsp3) is 0.667. The van der Waals surface area contributed by atoms with Crippen molar-refractivity contribution in [1.29, 1.82) is 0 Å². The van der Waals surface area contributed by atoms with Gasteiger partial charge in [-0.3, -0.25) is 29.1 Å². The molecule has 4 aliphatic rings. The van der Waals surface area contributed by atoms with Crippen LogP contribution in [0.4, 0.5) is 5.69 Å². The largest absolute Gasteiger partial charge is 0.466 e. The SMILES string of the molecule is CCCCCCCCCCCCCCCCCC(=O)OCCCN1C(=O)c2cccc3c(NC4CCC(OC(=O)c5cc(Cn6cc(CN7CCCNCCCNCCC7)nn6)cc(Cn6cc(CN7CCCNCCCNCCC7)nn6)c5)CC4)ccc(c23)C1=O. The summed E-state index contributed by atoms with van der Waals surface area (Å²) >= 11 is 0. The Labute approximate surface area is 548 Å². The molecule has 3 aliphatic heterocycles. The van der Waals surface area contributed by atoms with Gasteiger partial charge < -0.3 is 36.1 Å². The maximum absolute atomic E-state index is 14.3. The molecule has 2 amide bonds. The van der Waals surface area contributed by atoms with Gasteiger partial charge in [-0.25, -0.2) is 14.2 Å². The molecule has 5 heterocycles. The predicted octanol–water partition coefficient (Wildman–Crippen LogP) is 10.8. The second-order valence-electron chi connectivity index (χ2n) is 26.5. The van der Waals surface area contributed by atoms with Gasteiger partial charge in [0.1, 0.15) is 6.10 Å². The Morgan fingerprint density at radius 3 is 1.57 bits per heavy atom. The lowest BCUT2D eigenvalue weighted by Crippen LogP contribution is -2.41. The highest BCUT2D eigenvalue weighted by atomic mass is 16.5. The van der Waals surface area contributed by atoms with Crippen molar-refractivity contribution >= 4 is 40.2 Å². The zero-order valence-corrected chi connectivity index (χ0v) is 55.7. The quantitative estimate of drug-likeness (QED) is 0.0154. The van der Waals surface area contributed by atoms with Crippen molar-refractivity contribution in [3.63, 3.8) is 0 Å². The summed E-state index contributed by atoms with van der Waals surface area (Å²) in [6, 6.07) is 15.5. The molecule has 2 aromatic heterocycles. The van der Waals surface area contributed by atoms with Crippen LogP contribution in [0.3, 0.4) is 0 Å². The smallest absolute Gasteiger partial charge is 0.338 e. The summed E-state index contributed by atoms with van der Waals surface area (Å²) in [7, 11) is 0. The average molecular weight is 1270 g/mol. The Morgan fingerprint density at radius 2 is 1.04 bits per heavy atom. The standard InChI is InChI=1S/C72H110N14O6/c1-2-3-4-5-6-7-8-9-10-11-12-13-14-15-16-27-68(87)91-47-24-46-86-70(88)65-26-17-25-64-67(33-32-66(69(64)65)71(86)89)77-60-28-30-63(31-29-60)92-72(90)59-49-57(51-84-55-61(78-80-84)53-82-42-20-38-73-34-18-35-74-39-21-43-82)48-58(50-59)52-85-56-62(79-81-85)54-83-44-22-40-75-36-19-37-76-41-23-45-83/h17,25-26,32-33,48-50,55-56,60,63,73-77H,2-16,18-24,27-31,34-47,51-54H2,1H3. The van der Waals surface area contributed by atoms with Crippen LogP contribution in [0.5, 0.6) is 0 Å². The van der Waals surface area contributed by atoms with Crippen LogP contribution >= 0.6 is 0 Å². The molecule has 5 N–H and O–H groups in total. The number of carbonyl (C=O) groups excluding carboxylic acids is 4. The van der Waals surface area contributed by atoms with Gasteiger partial charge in [0, 0.05) is 59.7 Å². The summed E-state index contributed by atoms with van der Waals surface area (Å²) in [5, 5.41) is 37.9. The number of nitrogens with zero attached hydrogens (tertiary/aromatic N) is 9. The summed E-state index contributed by atoms with van der Waals surface area (Å²) in [5.41, 5.74) is 5.99.